The normalized spacial score (nSPS) is 21.7. The molecule has 0 bridgehead atoms. The summed E-state index contributed by atoms with van der Waals surface area (Å²) >= 11 is 4.65. The lowest BCUT2D eigenvalue weighted by molar-refractivity contribution is -0.384. The Morgan fingerprint density at radius 1 is 1.27 bits per heavy atom. The SMILES string of the molecule is CC1(c2ccc(Br)cc2)SCC(=O)N1C(=O)N=C1C(=O)Nc2cc([N+](=O)[O-])ccc21. The van der Waals surface area contributed by atoms with Gasteiger partial charge in [0.1, 0.15) is 10.6 Å². The van der Waals surface area contributed by atoms with Crippen LogP contribution in [0.5, 0.6) is 0 Å². The summed E-state index contributed by atoms with van der Waals surface area (Å²) in [6.07, 6.45) is 0. The molecule has 1 N–H and O–H groups in total. The van der Waals surface area contributed by atoms with Crippen molar-refractivity contribution >= 4 is 62.6 Å². The van der Waals surface area contributed by atoms with Crippen LogP contribution in [-0.2, 0) is 14.5 Å². The molecule has 0 radical (unpaired) electrons. The molecule has 30 heavy (non-hydrogen) atoms. The Kier molecular flexibility index (Phi) is 4.94. The van der Waals surface area contributed by atoms with Gasteiger partial charge in [-0.15, -0.1) is 11.8 Å². The van der Waals surface area contributed by atoms with Crippen LogP contribution in [0.3, 0.4) is 0 Å². The van der Waals surface area contributed by atoms with Gasteiger partial charge in [0.15, 0.2) is 0 Å². The number of urea groups is 1. The Bertz CT molecular complexity index is 1150. The first kappa shape index (κ1) is 20.2. The number of hydrogen-bond acceptors (Lipinski definition) is 6. The average Bonchev–Trinajstić information content (AvgIpc) is 3.18. The highest BCUT2D eigenvalue weighted by molar-refractivity contribution is 9.10. The van der Waals surface area contributed by atoms with Crippen molar-refractivity contribution in [2.75, 3.05) is 11.1 Å². The summed E-state index contributed by atoms with van der Waals surface area (Å²) in [6.45, 7) is 1.75. The van der Waals surface area contributed by atoms with Crippen molar-refractivity contribution in [1.29, 1.82) is 0 Å². The Labute approximate surface area is 182 Å². The molecule has 1 unspecified atom stereocenters. The fourth-order valence-electron chi connectivity index (χ4n) is 3.35. The number of nitrogens with zero attached hydrogens (tertiary/aromatic N) is 3. The van der Waals surface area contributed by atoms with Gasteiger partial charge < -0.3 is 5.32 Å². The summed E-state index contributed by atoms with van der Waals surface area (Å²) in [5.41, 5.74) is 0.812. The average molecular weight is 489 g/mol. The van der Waals surface area contributed by atoms with Gasteiger partial charge in [0, 0.05) is 22.2 Å². The molecule has 4 amide bonds. The summed E-state index contributed by atoms with van der Waals surface area (Å²) in [5, 5.41) is 13.4. The first-order valence-corrected chi connectivity index (χ1v) is 10.4. The Balaban J connectivity index is 1.71. The minimum Gasteiger partial charge on any atom is -0.320 e. The van der Waals surface area contributed by atoms with Gasteiger partial charge in [-0.1, -0.05) is 28.1 Å². The number of nitro benzene ring substituents is 1. The van der Waals surface area contributed by atoms with Crippen LogP contribution in [-0.4, -0.2) is 39.1 Å². The Morgan fingerprint density at radius 3 is 2.63 bits per heavy atom. The van der Waals surface area contributed by atoms with E-state index in [0.29, 0.717) is 0 Å². The number of nitrogens with one attached hydrogen (secondary N) is 1. The second kappa shape index (κ2) is 7.33. The molecule has 9 nitrogen and oxygen atoms in total. The van der Waals surface area contributed by atoms with Crippen molar-refractivity contribution in [3.63, 3.8) is 0 Å². The monoisotopic (exact) mass is 488 g/mol. The first-order chi connectivity index (χ1) is 14.2. The van der Waals surface area contributed by atoms with E-state index in [0.717, 1.165) is 14.9 Å². The van der Waals surface area contributed by atoms with E-state index in [1.807, 2.05) is 12.1 Å². The zero-order valence-corrected chi connectivity index (χ0v) is 17.8. The number of rotatable bonds is 2. The molecule has 2 aromatic rings. The van der Waals surface area contributed by atoms with Gasteiger partial charge in [-0.2, -0.15) is 4.99 Å². The van der Waals surface area contributed by atoms with E-state index in [-0.39, 0.29) is 28.4 Å². The van der Waals surface area contributed by atoms with Gasteiger partial charge in [-0.25, -0.2) is 9.69 Å². The van der Waals surface area contributed by atoms with Crippen molar-refractivity contribution in [2.45, 2.75) is 11.8 Å². The molecule has 1 fully saturated rings. The molecule has 2 aromatic carbocycles. The number of halogens is 1. The summed E-state index contributed by atoms with van der Waals surface area (Å²) in [4.78, 5) is 52.2. The molecule has 1 saturated heterocycles. The molecule has 4 rings (SSSR count). The summed E-state index contributed by atoms with van der Waals surface area (Å²) in [7, 11) is 0. The number of hydrogen-bond donors (Lipinski definition) is 1. The molecule has 2 heterocycles. The quantitative estimate of drug-likeness (QED) is 0.508. The van der Waals surface area contributed by atoms with Crippen molar-refractivity contribution in [1.82, 2.24) is 4.90 Å². The highest BCUT2D eigenvalue weighted by Gasteiger charge is 2.48. The number of nitro groups is 1. The van der Waals surface area contributed by atoms with Gasteiger partial charge in [-0.3, -0.25) is 19.7 Å². The second-order valence-electron chi connectivity index (χ2n) is 6.69. The van der Waals surface area contributed by atoms with E-state index in [1.165, 1.54) is 30.0 Å². The Morgan fingerprint density at radius 2 is 1.97 bits per heavy atom. The van der Waals surface area contributed by atoms with Crippen LogP contribution < -0.4 is 5.32 Å². The van der Waals surface area contributed by atoms with E-state index in [4.69, 9.17) is 0 Å². The predicted octanol–water partition coefficient (Wildman–Crippen LogP) is 3.67. The van der Waals surface area contributed by atoms with Crippen LogP contribution in [0.4, 0.5) is 16.2 Å². The molecule has 2 aliphatic rings. The molecule has 11 heteroatoms. The van der Waals surface area contributed by atoms with Crippen LogP contribution in [0.2, 0.25) is 0 Å². The molecular formula is C19H13BrN4O5S. The van der Waals surface area contributed by atoms with Crippen LogP contribution in [0.25, 0.3) is 0 Å². The molecule has 2 aliphatic heterocycles. The fraction of sp³-hybridized carbons (Fsp3) is 0.158. The number of carbonyl (C=O) groups is 3. The van der Waals surface area contributed by atoms with Crippen LogP contribution >= 0.6 is 27.7 Å². The molecule has 0 aromatic heterocycles. The van der Waals surface area contributed by atoms with Crippen LogP contribution in [0, 0.1) is 10.1 Å². The highest BCUT2D eigenvalue weighted by atomic mass is 79.9. The third-order valence-corrected chi connectivity index (χ3v) is 6.76. The number of benzene rings is 2. The van der Waals surface area contributed by atoms with Crippen LogP contribution in [0.1, 0.15) is 18.1 Å². The molecule has 0 spiro atoms. The smallest absolute Gasteiger partial charge is 0.320 e. The maximum atomic E-state index is 13.0. The number of aliphatic imine (C=N–C) groups is 1. The van der Waals surface area contributed by atoms with Gasteiger partial charge in [0.25, 0.3) is 11.6 Å². The number of anilines is 1. The maximum Gasteiger partial charge on any atom is 0.352 e. The number of thioether (sulfide) groups is 1. The summed E-state index contributed by atoms with van der Waals surface area (Å²) in [6, 6.07) is 10.1. The number of amides is 4. The lowest BCUT2D eigenvalue weighted by Gasteiger charge is -2.31. The largest absolute Gasteiger partial charge is 0.352 e. The van der Waals surface area contributed by atoms with E-state index in [2.05, 4.69) is 26.2 Å². The fourth-order valence-corrected chi connectivity index (χ4v) is 4.76. The predicted molar refractivity (Wildman–Crippen MR) is 114 cm³/mol. The van der Waals surface area contributed by atoms with Crippen molar-refractivity contribution in [3.8, 4) is 0 Å². The summed E-state index contributed by atoms with van der Waals surface area (Å²) < 4.78 is 0.857. The minimum atomic E-state index is -0.980. The number of carbonyl (C=O) groups excluding carboxylic acids is 3. The van der Waals surface area contributed by atoms with E-state index in [9.17, 15) is 24.5 Å². The lowest BCUT2D eigenvalue weighted by Crippen LogP contribution is -2.43. The third-order valence-electron chi connectivity index (χ3n) is 4.86. The molecular weight excluding hydrogens is 476 g/mol. The molecule has 0 saturated carbocycles. The van der Waals surface area contributed by atoms with Crippen LogP contribution in [0.15, 0.2) is 51.9 Å². The van der Waals surface area contributed by atoms with Gasteiger partial charge in [0.2, 0.25) is 5.91 Å². The van der Waals surface area contributed by atoms with Gasteiger partial charge >= 0.3 is 6.03 Å². The van der Waals surface area contributed by atoms with Crippen molar-refractivity contribution < 1.29 is 19.3 Å². The van der Waals surface area contributed by atoms with E-state index < -0.39 is 27.6 Å². The first-order valence-electron chi connectivity index (χ1n) is 8.66. The minimum absolute atomic E-state index is 0.0954. The highest BCUT2D eigenvalue weighted by Crippen LogP contribution is 2.45. The van der Waals surface area contributed by atoms with E-state index in [1.54, 1.807) is 19.1 Å². The number of fused-ring (bicyclic) bond motifs is 1. The third kappa shape index (κ3) is 3.29. The number of non-ortho nitro benzene ring substituents is 1. The maximum absolute atomic E-state index is 13.0. The van der Waals surface area contributed by atoms with Gasteiger partial charge in [0.05, 0.1) is 16.4 Å². The zero-order chi connectivity index (χ0) is 21.6. The molecule has 1 atom stereocenters. The molecule has 0 aliphatic carbocycles. The number of imide groups is 1. The lowest BCUT2D eigenvalue weighted by atomic mass is 10.1. The van der Waals surface area contributed by atoms with Gasteiger partial charge in [-0.05, 0) is 30.7 Å². The molecule has 152 valence electrons. The Hall–Kier alpha value is -3.05. The standard InChI is InChI=1S/C19H13BrN4O5S/c1-19(10-2-4-11(20)5-3-10)23(15(25)9-30-19)18(27)22-16-13-7-6-12(24(28)29)8-14(13)21-17(16)26/h2-8H,9H2,1H3,(H,21,22,26,27). The zero-order valence-electron chi connectivity index (χ0n) is 15.4. The van der Waals surface area contributed by atoms with Crippen molar-refractivity contribution in [2.24, 2.45) is 4.99 Å². The topological polar surface area (TPSA) is 122 Å². The summed E-state index contributed by atoms with van der Waals surface area (Å²) in [5.74, 6) is -0.983. The van der Waals surface area contributed by atoms with Crippen molar-refractivity contribution in [3.05, 3.63) is 68.2 Å². The van der Waals surface area contributed by atoms with E-state index >= 15 is 0 Å². The second-order valence-corrected chi connectivity index (χ2v) is 8.98.